The quantitative estimate of drug-likeness (QED) is 0.0581. The Hall–Kier alpha value is -4.80. The molecule has 63 heavy (non-hydrogen) atoms. The number of anilines is 1. The number of nitrogens with zero attached hydrogens (tertiary/aromatic N) is 3. The Morgan fingerprint density at radius 2 is 1.60 bits per heavy atom. The second-order valence-corrected chi connectivity index (χ2v) is 18.2. The van der Waals surface area contributed by atoms with E-state index in [0.717, 1.165) is 83.4 Å². The molecule has 3 N–H and O–H groups in total. The first kappa shape index (κ1) is 47.7. The lowest BCUT2D eigenvalue weighted by molar-refractivity contribution is -0.140. The molecule has 1 aromatic heterocycles. The van der Waals surface area contributed by atoms with Crippen molar-refractivity contribution in [1.82, 2.24) is 20.1 Å². The number of likely N-dealkylation sites (tertiary alicyclic amines) is 1. The molecular formula is C48H65N5O9S. The van der Waals surface area contributed by atoms with E-state index in [9.17, 15) is 19.5 Å². The van der Waals surface area contributed by atoms with Crippen molar-refractivity contribution in [1.29, 1.82) is 0 Å². The molecule has 0 spiro atoms. The van der Waals surface area contributed by atoms with Crippen molar-refractivity contribution in [3.8, 4) is 17.0 Å². The van der Waals surface area contributed by atoms with Gasteiger partial charge in [0.15, 0.2) is 6.29 Å². The van der Waals surface area contributed by atoms with E-state index < -0.39 is 30.1 Å². The van der Waals surface area contributed by atoms with Gasteiger partial charge in [-0.05, 0) is 88.9 Å². The molecule has 6 rings (SSSR count). The lowest BCUT2D eigenvalue weighted by Gasteiger charge is -2.36. The normalized spacial score (nSPS) is 17.3. The van der Waals surface area contributed by atoms with E-state index in [-0.39, 0.29) is 23.8 Å². The van der Waals surface area contributed by atoms with Crippen LogP contribution in [0, 0.1) is 5.92 Å². The van der Waals surface area contributed by atoms with E-state index in [1.54, 1.807) is 46.1 Å². The second-order valence-electron chi connectivity index (χ2n) is 17.3. The highest BCUT2D eigenvalue weighted by molar-refractivity contribution is 7.10. The number of carbonyl (C=O) groups excluding carboxylic acids is 3. The van der Waals surface area contributed by atoms with Gasteiger partial charge in [-0.2, -0.15) is 0 Å². The molecular weight excluding hydrogens is 823 g/mol. The first-order chi connectivity index (χ1) is 30.3. The van der Waals surface area contributed by atoms with Gasteiger partial charge < -0.3 is 44.3 Å². The van der Waals surface area contributed by atoms with Gasteiger partial charge in [-0.15, -0.1) is 11.3 Å². The van der Waals surface area contributed by atoms with Crippen molar-refractivity contribution in [2.45, 2.75) is 103 Å². The van der Waals surface area contributed by atoms with Crippen LogP contribution in [0.25, 0.3) is 22.0 Å². The number of methoxy groups -OCH3 is 1. The minimum Gasteiger partial charge on any atom is -0.491 e. The molecule has 0 radical (unpaired) electrons. The van der Waals surface area contributed by atoms with E-state index in [0.29, 0.717) is 51.7 Å². The number of ether oxygens (including phenoxy) is 5. The molecule has 1 aliphatic carbocycles. The third-order valence-corrected chi connectivity index (χ3v) is 12.6. The summed E-state index contributed by atoms with van der Waals surface area (Å²) in [6.45, 7) is 10.5. The van der Waals surface area contributed by atoms with Crippen LogP contribution in [0.4, 0.5) is 10.5 Å². The number of aromatic nitrogens is 1. The Bertz CT molecular complexity index is 2100. The van der Waals surface area contributed by atoms with Crippen LogP contribution in [0.3, 0.4) is 0 Å². The van der Waals surface area contributed by atoms with Crippen LogP contribution in [-0.2, 0) is 28.5 Å². The van der Waals surface area contributed by atoms with Crippen molar-refractivity contribution < 1.29 is 43.2 Å². The maximum atomic E-state index is 14.6. The highest BCUT2D eigenvalue weighted by Gasteiger charge is 2.41. The van der Waals surface area contributed by atoms with Gasteiger partial charge in [0.25, 0.3) is 0 Å². The number of rotatable bonds is 20. The molecule has 342 valence electrons. The van der Waals surface area contributed by atoms with Gasteiger partial charge in [0.1, 0.15) is 35.0 Å². The summed E-state index contributed by atoms with van der Waals surface area (Å²) in [6, 6.07) is 17.8. The molecule has 2 fully saturated rings. The summed E-state index contributed by atoms with van der Waals surface area (Å²) in [5, 5.41) is 21.1. The third-order valence-electron chi connectivity index (χ3n) is 11.7. The number of hydrogen-bond acceptors (Lipinski definition) is 12. The zero-order valence-corrected chi connectivity index (χ0v) is 38.4. The van der Waals surface area contributed by atoms with E-state index in [1.807, 2.05) is 59.5 Å². The predicted octanol–water partition coefficient (Wildman–Crippen LogP) is 8.11. The molecule has 4 atom stereocenters. The number of likely N-dealkylation sites (N-methyl/N-ethyl adjacent to an activating group) is 1. The Morgan fingerprint density at radius 1 is 0.905 bits per heavy atom. The number of aliphatic hydroxyl groups excluding tert-OH is 1. The van der Waals surface area contributed by atoms with Gasteiger partial charge in [0.2, 0.25) is 11.8 Å². The summed E-state index contributed by atoms with van der Waals surface area (Å²) in [7, 11) is 3.01. The molecule has 1 saturated carbocycles. The topological polar surface area (TPSA) is 161 Å². The van der Waals surface area contributed by atoms with Crippen LogP contribution in [0.1, 0.15) is 95.5 Å². The largest absolute Gasteiger partial charge is 0.491 e. The van der Waals surface area contributed by atoms with E-state index in [2.05, 4.69) is 22.1 Å². The van der Waals surface area contributed by atoms with Crippen LogP contribution in [0.2, 0.25) is 0 Å². The molecule has 1 unspecified atom stereocenters. The van der Waals surface area contributed by atoms with Gasteiger partial charge in [-0.25, -0.2) is 9.78 Å². The van der Waals surface area contributed by atoms with Gasteiger partial charge in [0, 0.05) is 54.8 Å². The maximum absolute atomic E-state index is 14.6. The minimum absolute atomic E-state index is 0.0170. The SMILES string of the molecule is COC(O)c1ccc(NCCOCCOCCOc2ccc(-c3csc([C@@H]4CCCN4C(=O)[C@@H](NC(=O)[C@H](C)N(C)C(=O)OC(C)(C)C)C4CCCCC4)n3)c3ccccc23)cc1. The van der Waals surface area contributed by atoms with E-state index in [4.69, 9.17) is 28.7 Å². The van der Waals surface area contributed by atoms with E-state index >= 15 is 0 Å². The Morgan fingerprint density at radius 3 is 2.32 bits per heavy atom. The van der Waals surface area contributed by atoms with Crippen LogP contribution in [-0.4, -0.2) is 116 Å². The van der Waals surface area contributed by atoms with Crippen LogP contribution in [0.5, 0.6) is 5.75 Å². The fraction of sp³-hybridized carbons (Fsp3) is 0.542. The summed E-state index contributed by atoms with van der Waals surface area (Å²) in [5.74, 6) is 0.322. The fourth-order valence-corrected chi connectivity index (χ4v) is 9.11. The zero-order chi connectivity index (χ0) is 44.9. The van der Waals surface area contributed by atoms with Gasteiger partial charge >= 0.3 is 6.09 Å². The van der Waals surface area contributed by atoms with Gasteiger partial charge in [0.05, 0.1) is 38.2 Å². The summed E-state index contributed by atoms with van der Waals surface area (Å²) in [6.07, 6.45) is 4.99. The highest BCUT2D eigenvalue weighted by Crippen LogP contribution is 2.40. The molecule has 2 heterocycles. The van der Waals surface area contributed by atoms with Crippen LogP contribution < -0.4 is 15.4 Å². The van der Waals surface area contributed by atoms with Crippen molar-refractivity contribution >= 4 is 45.7 Å². The number of thiazole rings is 1. The third kappa shape index (κ3) is 12.9. The summed E-state index contributed by atoms with van der Waals surface area (Å²) >= 11 is 1.56. The highest BCUT2D eigenvalue weighted by atomic mass is 32.1. The van der Waals surface area contributed by atoms with Gasteiger partial charge in [-0.1, -0.05) is 55.7 Å². The number of amides is 3. The molecule has 1 aliphatic heterocycles. The van der Waals surface area contributed by atoms with Crippen molar-refractivity contribution in [2.24, 2.45) is 5.92 Å². The number of nitrogens with one attached hydrogen (secondary N) is 2. The number of aliphatic hydroxyl groups is 1. The number of hydrogen-bond donors (Lipinski definition) is 3. The molecule has 1 saturated heterocycles. The first-order valence-corrected chi connectivity index (χ1v) is 23.1. The first-order valence-electron chi connectivity index (χ1n) is 22.2. The minimum atomic E-state index is -0.928. The monoisotopic (exact) mass is 887 g/mol. The number of benzene rings is 3. The Kier molecular flexibility index (Phi) is 17.2. The number of fused-ring (bicyclic) bond motifs is 1. The molecule has 4 aromatic rings. The molecule has 14 nitrogen and oxygen atoms in total. The molecule has 2 aliphatic rings. The smallest absolute Gasteiger partial charge is 0.410 e. The van der Waals surface area contributed by atoms with Crippen molar-refractivity contribution in [2.75, 3.05) is 65.6 Å². The molecule has 15 heteroatoms. The average molecular weight is 888 g/mol. The standard InChI is InChI=1S/C48H65N5O9S/c1-32(52(5)47(57)62-48(2,3)4)43(54)51-42(33-13-8-7-9-14-33)45(55)53-25-12-17-40(53)44-50-39(31-63-44)37-22-23-41(38-16-11-10-15-36(37)38)61-30-29-60-28-27-59-26-24-49-35-20-18-34(19-21-35)46(56)58-6/h10-11,15-16,18-23,31-33,40,42,46,49,56H,7-9,12-14,17,24-30H2,1-6H3,(H,51,54)/t32-,40-,42-,46?/m0/s1. The van der Waals surface area contributed by atoms with Crippen LogP contribution in [0.15, 0.2) is 66.0 Å². The lowest BCUT2D eigenvalue weighted by atomic mass is 9.83. The average Bonchev–Trinajstić information content (AvgIpc) is 3.98. The maximum Gasteiger partial charge on any atom is 0.410 e. The van der Waals surface area contributed by atoms with Gasteiger partial charge in [-0.3, -0.25) is 14.5 Å². The summed E-state index contributed by atoms with van der Waals surface area (Å²) in [4.78, 5) is 49.4. The van der Waals surface area contributed by atoms with Crippen molar-refractivity contribution in [3.63, 3.8) is 0 Å². The van der Waals surface area contributed by atoms with E-state index in [1.165, 1.54) is 12.0 Å². The Labute approximate surface area is 375 Å². The zero-order valence-electron chi connectivity index (χ0n) is 37.6. The lowest BCUT2D eigenvalue weighted by Crippen LogP contribution is -2.56. The fourth-order valence-electron chi connectivity index (χ4n) is 8.14. The summed E-state index contributed by atoms with van der Waals surface area (Å²) < 4.78 is 28.1. The second kappa shape index (κ2) is 22.7. The summed E-state index contributed by atoms with van der Waals surface area (Å²) in [5.41, 5.74) is 2.75. The number of carbonyl (C=O) groups is 3. The van der Waals surface area contributed by atoms with Crippen molar-refractivity contribution in [3.05, 3.63) is 76.6 Å². The predicted molar refractivity (Wildman–Crippen MR) is 245 cm³/mol. The van der Waals surface area contributed by atoms with Crippen LogP contribution >= 0.6 is 11.3 Å². The Balaban J connectivity index is 1.02. The molecule has 3 aromatic carbocycles. The molecule has 3 amide bonds. The molecule has 0 bridgehead atoms.